The van der Waals surface area contributed by atoms with E-state index in [9.17, 15) is 10.1 Å². The molecule has 0 spiro atoms. The molecule has 0 aromatic heterocycles. The van der Waals surface area contributed by atoms with Crippen LogP contribution in [0.4, 0.5) is 0 Å². The highest BCUT2D eigenvalue weighted by Crippen LogP contribution is 2.24. The summed E-state index contributed by atoms with van der Waals surface area (Å²) in [4.78, 5) is 12.5. The number of hydrogen-bond donors (Lipinski definition) is 1. The molecular weight excluding hydrogens is 296 g/mol. The minimum atomic E-state index is -0.260. The van der Waals surface area contributed by atoms with Crippen molar-refractivity contribution in [3.63, 3.8) is 0 Å². The molecule has 2 aromatic carbocycles. The first-order valence-electron chi connectivity index (χ1n) is 8.59. The highest BCUT2D eigenvalue weighted by Gasteiger charge is 2.23. The van der Waals surface area contributed by atoms with E-state index in [0.29, 0.717) is 5.92 Å². The topological polar surface area (TPSA) is 52.9 Å². The molecule has 122 valence electrons. The summed E-state index contributed by atoms with van der Waals surface area (Å²) in [6, 6.07) is 16.2. The highest BCUT2D eigenvalue weighted by molar-refractivity contribution is 6.02. The lowest BCUT2D eigenvalue weighted by Gasteiger charge is -2.29. The van der Waals surface area contributed by atoms with Gasteiger partial charge in [-0.1, -0.05) is 56.2 Å². The molecule has 3 rings (SSSR count). The lowest BCUT2D eigenvalue weighted by molar-refractivity contribution is -0.118. The molecule has 1 aliphatic rings. The highest BCUT2D eigenvalue weighted by atomic mass is 16.1. The van der Waals surface area contributed by atoms with Gasteiger partial charge in [-0.15, -0.1) is 0 Å². The van der Waals surface area contributed by atoms with Crippen LogP contribution in [0.1, 0.15) is 38.2 Å². The Morgan fingerprint density at radius 2 is 1.92 bits per heavy atom. The van der Waals surface area contributed by atoms with Crippen LogP contribution in [0.15, 0.2) is 48.0 Å². The number of nitrogens with zero attached hydrogens (tertiary/aromatic N) is 1. The zero-order valence-electron chi connectivity index (χ0n) is 14.0. The number of hydrogen-bond acceptors (Lipinski definition) is 2. The fraction of sp³-hybridized carbons (Fsp3) is 0.333. The average molecular weight is 318 g/mol. The minimum absolute atomic E-state index is 0.169. The third-order valence-corrected chi connectivity index (χ3v) is 4.88. The van der Waals surface area contributed by atoms with Gasteiger partial charge in [0.15, 0.2) is 0 Å². The first-order chi connectivity index (χ1) is 11.7. The molecule has 3 heteroatoms. The van der Waals surface area contributed by atoms with Crippen molar-refractivity contribution in [3.8, 4) is 6.07 Å². The second-order valence-corrected chi connectivity index (χ2v) is 6.62. The van der Waals surface area contributed by atoms with Gasteiger partial charge >= 0.3 is 0 Å². The monoisotopic (exact) mass is 318 g/mol. The fourth-order valence-electron chi connectivity index (χ4n) is 3.39. The van der Waals surface area contributed by atoms with E-state index in [1.807, 2.05) is 42.5 Å². The normalized spacial score (nSPS) is 21.2. The van der Waals surface area contributed by atoms with Gasteiger partial charge in [0.1, 0.15) is 11.6 Å². The lowest BCUT2D eigenvalue weighted by atomic mass is 9.86. The summed E-state index contributed by atoms with van der Waals surface area (Å²) >= 11 is 0. The molecule has 0 radical (unpaired) electrons. The molecule has 1 aliphatic carbocycles. The van der Waals surface area contributed by atoms with Crippen molar-refractivity contribution in [1.82, 2.24) is 5.32 Å². The lowest BCUT2D eigenvalue weighted by Crippen LogP contribution is -2.41. The summed E-state index contributed by atoms with van der Waals surface area (Å²) in [6.45, 7) is 2.17. The van der Waals surface area contributed by atoms with Crippen molar-refractivity contribution in [2.24, 2.45) is 5.92 Å². The van der Waals surface area contributed by atoms with Crippen LogP contribution in [0.2, 0.25) is 0 Å². The molecule has 24 heavy (non-hydrogen) atoms. The molecule has 1 N–H and O–H groups in total. The largest absolute Gasteiger partial charge is 0.348 e. The Labute approximate surface area is 143 Å². The van der Waals surface area contributed by atoms with Gasteiger partial charge in [-0.2, -0.15) is 5.26 Å². The molecule has 0 saturated heterocycles. The second kappa shape index (κ2) is 7.31. The van der Waals surface area contributed by atoms with Crippen molar-refractivity contribution in [2.45, 2.75) is 38.6 Å². The Kier molecular flexibility index (Phi) is 4.96. The molecule has 0 heterocycles. The number of amides is 1. The first kappa shape index (κ1) is 16.3. The van der Waals surface area contributed by atoms with Gasteiger partial charge < -0.3 is 5.32 Å². The van der Waals surface area contributed by atoms with Gasteiger partial charge in [-0.25, -0.2) is 0 Å². The Balaban J connectivity index is 1.79. The molecule has 1 fully saturated rings. The van der Waals surface area contributed by atoms with E-state index >= 15 is 0 Å². The van der Waals surface area contributed by atoms with Crippen molar-refractivity contribution in [1.29, 1.82) is 5.26 Å². The van der Waals surface area contributed by atoms with Gasteiger partial charge in [0.05, 0.1) is 0 Å². The van der Waals surface area contributed by atoms with E-state index in [1.54, 1.807) is 6.08 Å². The van der Waals surface area contributed by atoms with Gasteiger partial charge in [-0.05, 0) is 47.2 Å². The predicted octanol–water partition coefficient (Wildman–Crippen LogP) is 4.44. The SMILES string of the molecule is C[C@@H]1CCCC[C@@H]1NC(=O)/C(C#N)=C/c1ccc2ccccc2c1. The third-order valence-electron chi connectivity index (χ3n) is 4.88. The van der Waals surface area contributed by atoms with E-state index in [2.05, 4.69) is 18.3 Å². The predicted molar refractivity (Wildman–Crippen MR) is 97.1 cm³/mol. The zero-order chi connectivity index (χ0) is 16.9. The molecule has 0 bridgehead atoms. The fourth-order valence-corrected chi connectivity index (χ4v) is 3.39. The van der Waals surface area contributed by atoms with Gasteiger partial charge in [0, 0.05) is 6.04 Å². The number of benzene rings is 2. The number of carbonyl (C=O) groups excluding carboxylic acids is 1. The van der Waals surface area contributed by atoms with Crippen LogP contribution < -0.4 is 5.32 Å². The zero-order valence-corrected chi connectivity index (χ0v) is 14.0. The summed E-state index contributed by atoms with van der Waals surface area (Å²) in [6.07, 6.45) is 6.19. The van der Waals surface area contributed by atoms with Crippen molar-refractivity contribution in [3.05, 3.63) is 53.6 Å². The van der Waals surface area contributed by atoms with E-state index in [0.717, 1.165) is 35.6 Å². The number of fused-ring (bicyclic) bond motifs is 1. The maximum atomic E-state index is 12.5. The molecule has 3 nitrogen and oxygen atoms in total. The third kappa shape index (κ3) is 3.65. The van der Waals surface area contributed by atoms with E-state index in [4.69, 9.17) is 0 Å². The molecule has 1 amide bonds. The number of rotatable bonds is 3. The van der Waals surface area contributed by atoms with Gasteiger partial charge in [0.2, 0.25) is 0 Å². The maximum Gasteiger partial charge on any atom is 0.262 e. The molecule has 2 aromatic rings. The summed E-state index contributed by atoms with van der Waals surface area (Å²) in [5.41, 5.74) is 1.04. The first-order valence-corrected chi connectivity index (χ1v) is 8.59. The van der Waals surface area contributed by atoms with Crippen LogP contribution in [0.3, 0.4) is 0 Å². The number of carbonyl (C=O) groups is 1. The molecule has 2 atom stereocenters. The van der Waals surface area contributed by atoms with Crippen molar-refractivity contribution < 1.29 is 4.79 Å². The number of nitrogens with one attached hydrogen (secondary N) is 1. The molecule has 0 aliphatic heterocycles. The van der Waals surface area contributed by atoms with E-state index in [-0.39, 0.29) is 17.5 Å². The summed E-state index contributed by atoms with van der Waals surface area (Å²) in [5, 5.41) is 14.7. The average Bonchev–Trinajstić information content (AvgIpc) is 2.61. The van der Waals surface area contributed by atoms with E-state index < -0.39 is 0 Å². The Morgan fingerprint density at radius 1 is 1.17 bits per heavy atom. The Bertz CT molecular complexity index is 816. The standard InChI is InChI=1S/C21H22N2O/c1-15-6-2-5-9-20(15)23-21(24)19(14-22)13-16-10-11-17-7-3-4-8-18(17)12-16/h3-4,7-8,10-13,15,20H,2,5-6,9H2,1H3,(H,23,24)/b19-13+/t15-,20+/m1/s1. The summed E-state index contributed by atoms with van der Waals surface area (Å²) in [7, 11) is 0. The van der Waals surface area contributed by atoms with Crippen LogP contribution in [0.5, 0.6) is 0 Å². The minimum Gasteiger partial charge on any atom is -0.348 e. The quantitative estimate of drug-likeness (QED) is 0.672. The van der Waals surface area contributed by atoms with Crippen LogP contribution in [-0.4, -0.2) is 11.9 Å². The summed E-state index contributed by atoms with van der Waals surface area (Å²) in [5.74, 6) is 0.215. The molecule has 1 saturated carbocycles. The molecular formula is C21H22N2O. The van der Waals surface area contributed by atoms with Gasteiger partial charge in [0.25, 0.3) is 5.91 Å². The van der Waals surface area contributed by atoms with Crippen molar-refractivity contribution in [2.75, 3.05) is 0 Å². The maximum absolute atomic E-state index is 12.5. The van der Waals surface area contributed by atoms with Gasteiger partial charge in [-0.3, -0.25) is 4.79 Å². The summed E-state index contributed by atoms with van der Waals surface area (Å²) < 4.78 is 0. The van der Waals surface area contributed by atoms with Crippen LogP contribution in [-0.2, 0) is 4.79 Å². The van der Waals surface area contributed by atoms with E-state index in [1.165, 1.54) is 6.42 Å². The van der Waals surface area contributed by atoms with Crippen LogP contribution >= 0.6 is 0 Å². The smallest absolute Gasteiger partial charge is 0.262 e. The van der Waals surface area contributed by atoms with Crippen molar-refractivity contribution >= 4 is 22.8 Å². The second-order valence-electron chi connectivity index (χ2n) is 6.62. The van der Waals surface area contributed by atoms with Crippen LogP contribution in [0, 0.1) is 17.2 Å². The Hall–Kier alpha value is -2.60. The number of nitriles is 1. The molecule has 0 unspecified atom stereocenters. The Morgan fingerprint density at radius 3 is 2.67 bits per heavy atom. The van der Waals surface area contributed by atoms with Crippen LogP contribution in [0.25, 0.3) is 16.8 Å².